The Bertz CT molecular complexity index is 288. The molecule has 0 fully saturated rings. The minimum atomic E-state index is -0.303. The first kappa shape index (κ1) is 11.1. The van der Waals surface area contributed by atoms with E-state index < -0.39 is 0 Å². The Morgan fingerprint density at radius 1 is 1.57 bits per heavy atom. The standard InChI is InChI=1S/C11H17FN2/c1-3-5-8(2)10(13)11-9(12)6-4-7-14-11/h4,6-8,10H,3,5,13H2,1-2H3. The Morgan fingerprint density at radius 3 is 2.86 bits per heavy atom. The molecule has 0 aromatic carbocycles. The van der Waals surface area contributed by atoms with E-state index in [1.54, 1.807) is 12.3 Å². The maximum atomic E-state index is 13.3. The van der Waals surface area contributed by atoms with Crippen molar-refractivity contribution in [3.63, 3.8) is 0 Å². The number of aromatic nitrogens is 1. The third kappa shape index (κ3) is 2.51. The van der Waals surface area contributed by atoms with Gasteiger partial charge in [0.2, 0.25) is 0 Å². The third-order valence-electron chi connectivity index (χ3n) is 2.46. The fraction of sp³-hybridized carbons (Fsp3) is 0.545. The molecule has 0 bridgehead atoms. The fourth-order valence-corrected chi connectivity index (χ4v) is 1.55. The fourth-order valence-electron chi connectivity index (χ4n) is 1.55. The summed E-state index contributed by atoms with van der Waals surface area (Å²) >= 11 is 0. The summed E-state index contributed by atoms with van der Waals surface area (Å²) in [6.45, 7) is 4.13. The molecular formula is C11H17FN2. The van der Waals surface area contributed by atoms with Crippen LogP contribution in [0.5, 0.6) is 0 Å². The van der Waals surface area contributed by atoms with Crippen LogP contribution in [-0.4, -0.2) is 4.98 Å². The van der Waals surface area contributed by atoms with Crippen LogP contribution in [0.1, 0.15) is 38.4 Å². The first-order chi connectivity index (χ1) is 6.66. The third-order valence-corrected chi connectivity index (χ3v) is 2.46. The van der Waals surface area contributed by atoms with Crippen LogP contribution < -0.4 is 5.73 Å². The predicted octanol–water partition coefficient (Wildman–Crippen LogP) is 2.66. The summed E-state index contributed by atoms with van der Waals surface area (Å²) in [5.41, 5.74) is 6.31. The summed E-state index contributed by atoms with van der Waals surface area (Å²) in [7, 11) is 0. The molecule has 1 heterocycles. The van der Waals surface area contributed by atoms with Crippen molar-refractivity contribution in [2.45, 2.75) is 32.7 Å². The van der Waals surface area contributed by atoms with Gasteiger partial charge in [0, 0.05) is 6.20 Å². The van der Waals surface area contributed by atoms with E-state index in [1.165, 1.54) is 6.07 Å². The van der Waals surface area contributed by atoms with Crippen molar-refractivity contribution in [1.82, 2.24) is 4.98 Å². The highest BCUT2D eigenvalue weighted by molar-refractivity contribution is 5.11. The van der Waals surface area contributed by atoms with Gasteiger partial charge in [-0.15, -0.1) is 0 Å². The molecule has 1 aromatic rings. The van der Waals surface area contributed by atoms with Crippen molar-refractivity contribution in [2.75, 3.05) is 0 Å². The Kier molecular flexibility index (Phi) is 4.01. The number of halogens is 1. The summed E-state index contributed by atoms with van der Waals surface area (Å²) in [6, 6.07) is 2.69. The molecule has 78 valence electrons. The molecule has 2 nitrogen and oxygen atoms in total. The summed E-state index contributed by atoms with van der Waals surface area (Å²) in [5.74, 6) is -0.0349. The number of rotatable bonds is 4. The van der Waals surface area contributed by atoms with Gasteiger partial charge in [-0.3, -0.25) is 4.98 Å². The first-order valence-electron chi connectivity index (χ1n) is 5.02. The van der Waals surface area contributed by atoms with Gasteiger partial charge in [-0.25, -0.2) is 4.39 Å². The Balaban J connectivity index is 2.78. The quantitative estimate of drug-likeness (QED) is 0.804. The van der Waals surface area contributed by atoms with Gasteiger partial charge in [0.05, 0.1) is 11.7 Å². The van der Waals surface area contributed by atoms with Gasteiger partial charge >= 0.3 is 0 Å². The SMILES string of the molecule is CCCC(C)C(N)c1ncccc1F. The molecule has 0 radical (unpaired) electrons. The van der Waals surface area contributed by atoms with Crippen LogP contribution in [0.2, 0.25) is 0 Å². The molecule has 3 heteroatoms. The second-order valence-corrected chi connectivity index (χ2v) is 3.66. The van der Waals surface area contributed by atoms with Gasteiger partial charge in [-0.05, 0) is 24.5 Å². The normalized spacial score (nSPS) is 15.1. The molecule has 0 aliphatic rings. The highest BCUT2D eigenvalue weighted by Gasteiger charge is 2.18. The van der Waals surface area contributed by atoms with Crippen LogP contribution in [0, 0.1) is 11.7 Å². The van der Waals surface area contributed by atoms with E-state index >= 15 is 0 Å². The lowest BCUT2D eigenvalue weighted by molar-refractivity contribution is 0.411. The molecule has 0 aliphatic carbocycles. The number of hydrogen-bond donors (Lipinski definition) is 1. The van der Waals surface area contributed by atoms with E-state index in [0.717, 1.165) is 12.8 Å². The lowest BCUT2D eigenvalue weighted by Gasteiger charge is -2.18. The average Bonchev–Trinajstić information content (AvgIpc) is 2.18. The summed E-state index contributed by atoms with van der Waals surface area (Å²) in [4.78, 5) is 3.98. The Hall–Kier alpha value is -0.960. The lowest BCUT2D eigenvalue weighted by Crippen LogP contribution is -2.21. The molecule has 0 amide bonds. The van der Waals surface area contributed by atoms with Crippen LogP contribution >= 0.6 is 0 Å². The van der Waals surface area contributed by atoms with Crippen LogP contribution in [0.4, 0.5) is 4.39 Å². The zero-order chi connectivity index (χ0) is 10.6. The number of pyridine rings is 1. The van der Waals surface area contributed by atoms with Crippen molar-refractivity contribution in [2.24, 2.45) is 11.7 Å². The maximum absolute atomic E-state index is 13.3. The molecule has 2 unspecified atom stereocenters. The van der Waals surface area contributed by atoms with Crippen molar-refractivity contribution >= 4 is 0 Å². The van der Waals surface area contributed by atoms with Crippen molar-refractivity contribution in [1.29, 1.82) is 0 Å². The van der Waals surface area contributed by atoms with Gasteiger partial charge in [-0.2, -0.15) is 0 Å². The second-order valence-electron chi connectivity index (χ2n) is 3.66. The smallest absolute Gasteiger partial charge is 0.146 e. The minimum absolute atomic E-state index is 0.268. The Morgan fingerprint density at radius 2 is 2.29 bits per heavy atom. The first-order valence-corrected chi connectivity index (χ1v) is 5.02. The number of nitrogens with zero attached hydrogens (tertiary/aromatic N) is 1. The van der Waals surface area contributed by atoms with Crippen LogP contribution in [0.25, 0.3) is 0 Å². The van der Waals surface area contributed by atoms with E-state index in [4.69, 9.17) is 5.73 Å². The molecular weight excluding hydrogens is 179 g/mol. The molecule has 0 aliphatic heterocycles. The zero-order valence-electron chi connectivity index (χ0n) is 8.70. The van der Waals surface area contributed by atoms with Gasteiger partial charge < -0.3 is 5.73 Å². The molecule has 2 N–H and O–H groups in total. The average molecular weight is 196 g/mol. The lowest BCUT2D eigenvalue weighted by atomic mass is 9.94. The van der Waals surface area contributed by atoms with Gasteiger partial charge in [0.25, 0.3) is 0 Å². The highest BCUT2D eigenvalue weighted by Crippen LogP contribution is 2.22. The maximum Gasteiger partial charge on any atom is 0.146 e. The van der Waals surface area contributed by atoms with Crippen LogP contribution in [0.3, 0.4) is 0 Å². The molecule has 14 heavy (non-hydrogen) atoms. The molecule has 1 aromatic heterocycles. The molecule has 1 rings (SSSR count). The van der Waals surface area contributed by atoms with Crippen molar-refractivity contribution in [3.05, 3.63) is 29.8 Å². The van der Waals surface area contributed by atoms with Gasteiger partial charge in [0.1, 0.15) is 5.82 Å². The van der Waals surface area contributed by atoms with Crippen molar-refractivity contribution in [3.8, 4) is 0 Å². The van der Waals surface area contributed by atoms with Crippen LogP contribution in [-0.2, 0) is 0 Å². The molecule has 2 atom stereocenters. The number of hydrogen-bond acceptors (Lipinski definition) is 2. The van der Waals surface area contributed by atoms with E-state index in [2.05, 4.69) is 11.9 Å². The Labute approximate surface area is 84.3 Å². The largest absolute Gasteiger partial charge is 0.322 e. The minimum Gasteiger partial charge on any atom is -0.322 e. The highest BCUT2D eigenvalue weighted by atomic mass is 19.1. The van der Waals surface area contributed by atoms with E-state index in [-0.39, 0.29) is 17.8 Å². The topological polar surface area (TPSA) is 38.9 Å². The molecule has 0 spiro atoms. The summed E-state index contributed by atoms with van der Waals surface area (Å²) in [6.07, 6.45) is 3.64. The summed E-state index contributed by atoms with van der Waals surface area (Å²) < 4.78 is 13.3. The predicted molar refractivity (Wildman–Crippen MR) is 55.2 cm³/mol. The van der Waals surface area contributed by atoms with Crippen LogP contribution in [0.15, 0.2) is 18.3 Å². The van der Waals surface area contributed by atoms with E-state index in [9.17, 15) is 4.39 Å². The van der Waals surface area contributed by atoms with Crippen molar-refractivity contribution < 1.29 is 4.39 Å². The number of nitrogens with two attached hydrogens (primary N) is 1. The van der Waals surface area contributed by atoms with Gasteiger partial charge in [-0.1, -0.05) is 20.3 Å². The molecule has 0 saturated carbocycles. The monoisotopic (exact) mass is 196 g/mol. The molecule has 0 saturated heterocycles. The van der Waals surface area contributed by atoms with E-state index in [0.29, 0.717) is 5.69 Å². The van der Waals surface area contributed by atoms with Gasteiger partial charge in [0.15, 0.2) is 0 Å². The second kappa shape index (κ2) is 5.05. The summed E-state index contributed by atoms with van der Waals surface area (Å²) in [5, 5.41) is 0. The van der Waals surface area contributed by atoms with E-state index in [1.807, 2.05) is 6.92 Å². The zero-order valence-corrected chi connectivity index (χ0v) is 8.70.